The van der Waals surface area contributed by atoms with Gasteiger partial charge in [0.25, 0.3) is 0 Å². The number of ether oxygens (including phenoxy) is 1. The molecule has 2 aromatic carbocycles. The highest BCUT2D eigenvalue weighted by molar-refractivity contribution is 8.01. The number of anilines is 2. The van der Waals surface area contributed by atoms with E-state index in [1.807, 2.05) is 31.2 Å². The number of nitrogens with one attached hydrogen (secondary N) is 1. The first-order valence-corrected chi connectivity index (χ1v) is 9.18. The molecular weight excluding hydrogens is 345 g/mol. The Morgan fingerprint density at radius 2 is 1.92 bits per heavy atom. The van der Waals surface area contributed by atoms with E-state index < -0.39 is 0 Å². The van der Waals surface area contributed by atoms with Crippen LogP contribution < -0.4 is 10.1 Å². The number of aryl methyl sites for hydroxylation is 1. The lowest BCUT2D eigenvalue weighted by molar-refractivity contribution is 0.325. The van der Waals surface area contributed by atoms with Crippen molar-refractivity contribution in [3.63, 3.8) is 0 Å². The van der Waals surface area contributed by atoms with Gasteiger partial charge in [0.05, 0.1) is 6.61 Å². The average Bonchev–Trinajstić information content (AvgIpc) is 3.03. The highest BCUT2D eigenvalue weighted by atomic mass is 32.2. The molecule has 0 aliphatic heterocycles. The van der Waals surface area contributed by atoms with Crippen LogP contribution in [0.4, 0.5) is 15.2 Å². The van der Waals surface area contributed by atoms with Crippen LogP contribution in [0.15, 0.2) is 52.9 Å². The Labute approximate surface area is 148 Å². The number of hydrogen-bond acceptors (Lipinski definition) is 6. The van der Waals surface area contributed by atoms with Crippen molar-refractivity contribution >= 4 is 33.9 Å². The highest BCUT2D eigenvalue weighted by Gasteiger charge is 2.06. The smallest absolute Gasteiger partial charge is 0.210 e. The van der Waals surface area contributed by atoms with E-state index in [2.05, 4.69) is 15.5 Å². The number of thioether (sulfide) groups is 1. The number of hydrogen-bond donors (Lipinski definition) is 1. The largest absolute Gasteiger partial charge is 0.490 e. The molecular formula is C17H16FN3OS2. The SMILES string of the molecule is Cc1ccc(Nc2nnc(SCCOc3ccccc3F)s2)cc1. The molecule has 0 fully saturated rings. The molecule has 0 saturated heterocycles. The van der Waals surface area contributed by atoms with Crippen LogP contribution in [0.3, 0.4) is 0 Å². The van der Waals surface area contributed by atoms with Gasteiger partial charge in [-0.1, -0.05) is 52.9 Å². The van der Waals surface area contributed by atoms with E-state index in [1.165, 1.54) is 34.7 Å². The molecule has 1 heterocycles. The monoisotopic (exact) mass is 361 g/mol. The fourth-order valence-corrected chi connectivity index (χ4v) is 3.58. The Hall–Kier alpha value is -2.12. The number of rotatable bonds is 7. The summed E-state index contributed by atoms with van der Waals surface area (Å²) in [7, 11) is 0. The Kier molecular flexibility index (Phi) is 5.66. The van der Waals surface area contributed by atoms with E-state index >= 15 is 0 Å². The van der Waals surface area contributed by atoms with E-state index in [4.69, 9.17) is 4.74 Å². The van der Waals surface area contributed by atoms with Crippen LogP contribution >= 0.6 is 23.1 Å². The molecule has 1 N–H and O–H groups in total. The minimum atomic E-state index is -0.344. The lowest BCUT2D eigenvalue weighted by Gasteiger charge is -2.05. The maximum Gasteiger partial charge on any atom is 0.210 e. The second kappa shape index (κ2) is 8.12. The summed E-state index contributed by atoms with van der Waals surface area (Å²) in [4.78, 5) is 0. The molecule has 3 aromatic rings. The zero-order valence-electron chi connectivity index (χ0n) is 13.0. The molecule has 7 heteroatoms. The van der Waals surface area contributed by atoms with Crippen molar-refractivity contribution in [3.05, 3.63) is 59.9 Å². The summed E-state index contributed by atoms with van der Waals surface area (Å²) in [6.07, 6.45) is 0. The summed E-state index contributed by atoms with van der Waals surface area (Å²) in [5, 5.41) is 12.2. The Morgan fingerprint density at radius 1 is 1.12 bits per heavy atom. The summed E-state index contributed by atoms with van der Waals surface area (Å²) in [5.74, 6) is 0.605. The van der Waals surface area contributed by atoms with Gasteiger partial charge in [0.2, 0.25) is 5.13 Å². The number of nitrogens with zero attached hydrogens (tertiary/aromatic N) is 2. The van der Waals surface area contributed by atoms with Crippen LogP contribution in [0.5, 0.6) is 5.75 Å². The summed E-state index contributed by atoms with van der Waals surface area (Å²) in [6, 6.07) is 14.5. The van der Waals surface area contributed by atoms with Gasteiger partial charge in [-0.05, 0) is 31.2 Å². The third kappa shape index (κ3) is 4.69. The topological polar surface area (TPSA) is 47.0 Å². The lowest BCUT2D eigenvalue weighted by Crippen LogP contribution is -2.01. The van der Waals surface area contributed by atoms with Crippen molar-refractivity contribution in [2.24, 2.45) is 0 Å². The highest BCUT2D eigenvalue weighted by Crippen LogP contribution is 2.27. The molecule has 0 radical (unpaired) electrons. The van der Waals surface area contributed by atoms with Crippen molar-refractivity contribution in [1.29, 1.82) is 0 Å². The second-order valence-electron chi connectivity index (χ2n) is 4.99. The second-order valence-corrected chi connectivity index (χ2v) is 7.31. The Morgan fingerprint density at radius 3 is 2.71 bits per heavy atom. The quantitative estimate of drug-likeness (QED) is 0.479. The van der Waals surface area contributed by atoms with Crippen LogP contribution in [0.2, 0.25) is 0 Å². The van der Waals surface area contributed by atoms with Gasteiger partial charge in [-0.2, -0.15) is 0 Å². The fraction of sp³-hybridized carbons (Fsp3) is 0.176. The molecule has 3 rings (SSSR count). The van der Waals surface area contributed by atoms with Gasteiger partial charge >= 0.3 is 0 Å². The molecule has 0 amide bonds. The maximum absolute atomic E-state index is 13.4. The van der Waals surface area contributed by atoms with Gasteiger partial charge in [-0.3, -0.25) is 0 Å². The van der Waals surface area contributed by atoms with Crippen molar-refractivity contribution in [3.8, 4) is 5.75 Å². The average molecular weight is 361 g/mol. The molecule has 0 saturated carbocycles. The molecule has 0 aliphatic carbocycles. The van der Waals surface area contributed by atoms with Gasteiger partial charge < -0.3 is 10.1 Å². The van der Waals surface area contributed by atoms with E-state index in [0.29, 0.717) is 12.4 Å². The molecule has 0 aliphatic rings. The van der Waals surface area contributed by atoms with Crippen LogP contribution in [-0.2, 0) is 0 Å². The number of para-hydroxylation sites is 1. The normalized spacial score (nSPS) is 10.6. The first-order valence-electron chi connectivity index (χ1n) is 7.38. The maximum atomic E-state index is 13.4. The molecule has 0 atom stereocenters. The van der Waals surface area contributed by atoms with Crippen LogP contribution in [0.25, 0.3) is 0 Å². The van der Waals surface area contributed by atoms with Crippen molar-refractivity contribution in [2.45, 2.75) is 11.3 Å². The van der Waals surface area contributed by atoms with E-state index in [9.17, 15) is 4.39 Å². The predicted molar refractivity (Wildman–Crippen MR) is 97.0 cm³/mol. The molecule has 0 bridgehead atoms. The third-order valence-corrected chi connectivity index (χ3v) is 5.05. The fourth-order valence-electron chi connectivity index (χ4n) is 1.92. The molecule has 124 valence electrons. The molecule has 0 unspecified atom stereocenters. The van der Waals surface area contributed by atoms with Crippen LogP contribution in [0, 0.1) is 12.7 Å². The Balaban J connectivity index is 1.46. The van der Waals surface area contributed by atoms with Gasteiger partial charge in [0, 0.05) is 11.4 Å². The first kappa shape index (κ1) is 16.7. The van der Waals surface area contributed by atoms with Crippen molar-refractivity contribution in [2.75, 3.05) is 17.7 Å². The zero-order valence-corrected chi connectivity index (χ0v) is 14.7. The van der Waals surface area contributed by atoms with Gasteiger partial charge in [0.1, 0.15) is 0 Å². The minimum Gasteiger partial charge on any atom is -0.490 e. The minimum absolute atomic E-state index is 0.275. The lowest BCUT2D eigenvalue weighted by atomic mass is 10.2. The predicted octanol–water partition coefficient (Wildman–Crippen LogP) is 4.90. The van der Waals surface area contributed by atoms with Crippen LogP contribution in [0.1, 0.15) is 5.56 Å². The summed E-state index contributed by atoms with van der Waals surface area (Å²) < 4.78 is 19.7. The van der Waals surface area contributed by atoms with Gasteiger partial charge in [-0.25, -0.2) is 4.39 Å². The summed E-state index contributed by atoms with van der Waals surface area (Å²) >= 11 is 3.02. The van der Waals surface area contributed by atoms with Crippen molar-refractivity contribution < 1.29 is 9.13 Å². The van der Waals surface area contributed by atoms with E-state index in [1.54, 1.807) is 18.2 Å². The molecule has 0 spiro atoms. The Bertz CT molecular complexity index is 793. The molecule has 1 aromatic heterocycles. The standard InChI is InChI=1S/C17H16FN3OS2/c1-12-6-8-13(9-7-12)19-16-20-21-17(24-16)23-11-10-22-15-5-3-2-4-14(15)18/h2-9H,10-11H2,1H3,(H,19,20). The van der Waals surface area contributed by atoms with Crippen LogP contribution in [-0.4, -0.2) is 22.6 Å². The number of halogens is 1. The van der Waals surface area contributed by atoms with E-state index in [-0.39, 0.29) is 11.6 Å². The number of aromatic nitrogens is 2. The summed E-state index contributed by atoms with van der Waals surface area (Å²) in [5.41, 5.74) is 2.19. The third-order valence-electron chi connectivity index (χ3n) is 3.11. The molecule has 24 heavy (non-hydrogen) atoms. The first-order chi connectivity index (χ1) is 11.7. The van der Waals surface area contributed by atoms with Crippen molar-refractivity contribution in [1.82, 2.24) is 10.2 Å². The van der Waals surface area contributed by atoms with Gasteiger partial charge in [-0.15, -0.1) is 10.2 Å². The summed E-state index contributed by atoms with van der Waals surface area (Å²) in [6.45, 7) is 2.46. The molecule has 4 nitrogen and oxygen atoms in total. The van der Waals surface area contributed by atoms with E-state index in [0.717, 1.165) is 15.2 Å². The number of benzene rings is 2. The zero-order chi connectivity index (χ0) is 16.8. The van der Waals surface area contributed by atoms with Gasteiger partial charge in [0.15, 0.2) is 15.9 Å².